The predicted octanol–water partition coefficient (Wildman–Crippen LogP) is 3.04. The first kappa shape index (κ1) is 24.0. The zero-order chi connectivity index (χ0) is 22.5. The molecule has 0 bridgehead atoms. The smallest absolute Gasteiger partial charge is 0.243 e. The maximum Gasteiger partial charge on any atom is 0.243 e. The van der Waals surface area contributed by atoms with E-state index in [2.05, 4.69) is 10.0 Å². The van der Waals surface area contributed by atoms with Gasteiger partial charge in [-0.2, -0.15) is 0 Å². The molecule has 0 unspecified atom stereocenters. The summed E-state index contributed by atoms with van der Waals surface area (Å²) in [5.74, 6) is -3.48. The van der Waals surface area contributed by atoms with Gasteiger partial charge in [-0.3, -0.25) is 9.59 Å². The lowest BCUT2D eigenvalue weighted by Crippen LogP contribution is -2.37. The van der Waals surface area contributed by atoms with E-state index in [0.717, 1.165) is 11.0 Å². The minimum atomic E-state index is -4.12. The summed E-state index contributed by atoms with van der Waals surface area (Å²) in [7, 11) is -2.75. The molecule has 7 nitrogen and oxygen atoms in total. The van der Waals surface area contributed by atoms with Gasteiger partial charge >= 0.3 is 0 Å². The van der Waals surface area contributed by atoms with Gasteiger partial charge in [-0.1, -0.05) is 23.2 Å². The van der Waals surface area contributed by atoms with Crippen molar-refractivity contribution in [1.29, 1.82) is 0 Å². The number of halogens is 4. The molecule has 0 fully saturated rings. The summed E-state index contributed by atoms with van der Waals surface area (Å²) < 4.78 is 52.4. The van der Waals surface area contributed by atoms with Gasteiger partial charge in [0.25, 0.3) is 0 Å². The van der Waals surface area contributed by atoms with Gasteiger partial charge in [-0.15, -0.1) is 0 Å². The number of likely N-dealkylation sites (N-methyl/N-ethyl adjacent to an activating group) is 1. The predicted molar refractivity (Wildman–Crippen MR) is 109 cm³/mol. The Hall–Kier alpha value is -2.27. The molecule has 0 radical (unpaired) electrons. The van der Waals surface area contributed by atoms with E-state index in [-0.39, 0.29) is 24.5 Å². The van der Waals surface area contributed by atoms with Gasteiger partial charge in [0.05, 0.1) is 21.5 Å². The first-order valence-electron chi connectivity index (χ1n) is 8.43. The van der Waals surface area contributed by atoms with E-state index in [9.17, 15) is 26.8 Å². The van der Waals surface area contributed by atoms with Crippen molar-refractivity contribution in [2.45, 2.75) is 11.3 Å². The summed E-state index contributed by atoms with van der Waals surface area (Å²) in [6, 6.07) is 6.64. The SMILES string of the molecule is CN(CC(=O)Nc1ccc(Cl)c(Cl)c1)C(=O)CCNS(=O)(=O)c1ccc(F)c(F)c1. The summed E-state index contributed by atoms with van der Waals surface area (Å²) >= 11 is 11.7. The molecule has 0 heterocycles. The highest BCUT2D eigenvalue weighted by atomic mass is 35.5. The fourth-order valence-electron chi connectivity index (χ4n) is 2.29. The van der Waals surface area contributed by atoms with Gasteiger partial charge in [0, 0.05) is 25.7 Å². The number of hydrogen-bond donors (Lipinski definition) is 2. The van der Waals surface area contributed by atoms with Crippen LogP contribution in [0, 0.1) is 11.6 Å². The zero-order valence-corrected chi connectivity index (χ0v) is 17.9. The summed E-state index contributed by atoms with van der Waals surface area (Å²) in [5.41, 5.74) is 0.398. The second-order valence-electron chi connectivity index (χ2n) is 6.15. The normalized spacial score (nSPS) is 11.2. The zero-order valence-electron chi connectivity index (χ0n) is 15.6. The number of anilines is 1. The summed E-state index contributed by atoms with van der Waals surface area (Å²) in [5, 5.41) is 3.14. The van der Waals surface area contributed by atoms with Crippen LogP contribution in [0.4, 0.5) is 14.5 Å². The maximum atomic E-state index is 13.2. The highest BCUT2D eigenvalue weighted by molar-refractivity contribution is 7.89. The maximum absolute atomic E-state index is 13.2. The van der Waals surface area contributed by atoms with Gasteiger partial charge in [-0.25, -0.2) is 21.9 Å². The number of sulfonamides is 1. The topological polar surface area (TPSA) is 95.6 Å². The van der Waals surface area contributed by atoms with Crippen molar-refractivity contribution in [1.82, 2.24) is 9.62 Å². The van der Waals surface area contributed by atoms with Crippen LogP contribution in [0.1, 0.15) is 6.42 Å². The average molecular weight is 480 g/mol. The monoisotopic (exact) mass is 479 g/mol. The van der Waals surface area contributed by atoms with Crippen LogP contribution in [0.15, 0.2) is 41.3 Å². The minimum absolute atomic E-state index is 0.251. The Labute approximate surface area is 182 Å². The number of benzene rings is 2. The van der Waals surface area contributed by atoms with Gasteiger partial charge in [0.1, 0.15) is 0 Å². The van der Waals surface area contributed by atoms with E-state index in [1.54, 1.807) is 6.07 Å². The standard InChI is InChI=1S/C18H17Cl2F2N3O4S/c1-25(10-17(26)24-11-2-4-13(19)14(20)8-11)18(27)6-7-23-30(28,29)12-3-5-15(21)16(22)9-12/h2-5,8-9,23H,6-7,10H2,1H3,(H,24,26). The van der Waals surface area contributed by atoms with Crippen LogP contribution < -0.4 is 10.0 Å². The van der Waals surface area contributed by atoms with E-state index in [4.69, 9.17) is 23.2 Å². The molecule has 0 aromatic heterocycles. The van der Waals surface area contributed by atoms with Gasteiger partial charge in [0.15, 0.2) is 11.6 Å². The van der Waals surface area contributed by atoms with Crippen LogP contribution in [0.3, 0.4) is 0 Å². The Morgan fingerprint density at radius 3 is 2.37 bits per heavy atom. The second kappa shape index (κ2) is 10.2. The molecule has 0 aliphatic heterocycles. The van der Waals surface area contributed by atoms with Crippen LogP contribution >= 0.6 is 23.2 Å². The quantitative estimate of drug-likeness (QED) is 0.608. The van der Waals surface area contributed by atoms with Crippen molar-refractivity contribution < 1.29 is 26.8 Å². The van der Waals surface area contributed by atoms with Crippen molar-refractivity contribution in [3.05, 3.63) is 58.1 Å². The average Bonchev–Trinajstić information content (AvgIpc) is 2.66. The highest BCUT2D eigenvalue weighted by Gasteiger charge is 2.18. The van der Waals surface area contributed by atoms with E-state index in [1.165, 1.54) is 19.2 Å². The van der Waals surface area contributed by atoms with Crippen LogP contribution in [0.25, 0.3) is 0 Å². The van der Waals surface area contributed by atoms with Crippen LogP contribution in [0.2, 0.25) is 10.0 Å². The van der Waals surface area contributed by atoms with E-state index >= 15 is 0 Å². The number of nitrogens with zero attached hydrogens (tertiary/aromatic N) is 1. The Morgan fingerprint density at radius 2 is 1.73 bits per heavy atom. The molecule has 0 aliphatic carbocycles. The van der Waals surface area contributed by atoms with Crippen LogP contribution in [-0.2, 0) is 19.6 Å². The molecule has 162 valence electrons. The van der Waals surface area contributed by atoms with E-state index < -0.39 is 38.4 Å². The molecule has 2 aromatic rings. The molecule has 0 atom stereocenters. The Kier molecular flexibility index (Phi) is 8.13. The lowest BCUT2D eigenvalue weighted by Gasteiger charge is -2.17. The largest absolute Gasteiger partial charge is 0.336 e. The molecule has 0 saturated heterocycles. The summed E-state index contributed by atoms with van der Waals surface area (Å²) in [6.07, 6.45) is -0.251. The third-order valence-electron chi connectivity index (χ3n) is 3.84. The number of rotatable bonds is 8. The van der Waals surface area contributed by atoms with Crippen molar-refractivity contribution >= 4 is 50.7 Å². The fourth-order valence-corrected chi connectivity index (χ4v) is 3.63. The molecule has 2 amide bonds. The van der Waals surface area contributed by atoms with Crippen molar-refractivity contribution in [3.63, 3.8) is 0 Å². The molecule has 0 aliphatic rings. The molecule has 12 heteroatoms. The van der Waals surface area contributed by atoms with Gasteiger partial charge in [0.2, 0.25) is 21.8 Å². The van der Waals surface area contributed by atoms with Crippen molar-refractivity contribution in [2.75, 3.05) is 25.5 Å². The molecular formula is C18H17Cl2F2N3O4S. The number of hydrogen-bond acceptors (Lipinski definition) is 4. The first-order valence-corrected chi connectivity index (χ1v) is 10.7. The Bertz CT molecular complexity index is 1070. The number of carbonyl (C=O) groups excluding carboxylic acids is 2. The van der Waals surface area contributed by atoms with E-state index in [0.29, 0.717) is 22.8 Å². The van der Waals surface area contributed by atoms with E-state index in [1.807, 2.05) is 0 Å². The van der Waals surface area contributed by atoms with Gasteiger partial charge < -0.3 is 10.2 Å². The van der Waals surface area contributed by atoms with Crippen molar-refractivity contribution in [2.24, 2.45) is 0 Å². The summed E-state index contributed by atoms with van der Waals surface area (Å²) in [4.78, 5) is 24.8. The molecule has 2 rings (SSSR count). The van der Waals surface area contributed by atoms with Crippen LogP contribution in [-0.4, -0.2) is 45.3 Å². The summed E-state index contributed by atoms with van der Waals surface area (Å²) in [6.45, 7) is -0.575. The van der Waals surface area contributed by atoms with Gasteiger partial charge in [-0.05, 0) is 36.4 Å². The second-order valence-corrected chi connectivity index (χ2v) is 8.73. The van der Waals surface area contributed by atoms with Crippen LogP contribution in [0.5, 0.6) is 0 Å². The molecule has 0 spiro atoms. The molecular weight excluding hydrogens is 463 g/mol. The fraction of sp³-hybridized carbons (Fsp3) is 0.222. The Morgan fingerprint density at radius 1 is 1.03 bits per heavy atom. The molecule has 2 aromatic carbocycles. The third kappa shape index (κ3) is 6.63. The first-order chi connectivity index (χ1) is 14.0. The molecule has 2 N–H and O–H groups in total. The third-order valence-corrected chi connectivity index (χ3v) is 6.04. The number of amides is 2. The highest BCUT2D eigenvalue weighted by Crippen LogP contribution is 2.24. The minimum Gasteiger partial charge on any atom is -0.336 e. The van der Waals surface area contributed by atoms with Crippen molar-refractivity contribution in [3.8, 4) is 0 Å². The lowest BCUT2D eigenvalue weighted by atomic mass is 10.3. The lowest BCUT2D eigenvalue weighted by molar-refractivity contribution is -0.133. The molecule has 30 heavy (non-hydrogen) atoms. The number of nitrogens with one attached hydrogen (secondary N) is 2. The Balaban J connectivity index is 1.84. The number of carbonyl (C=O) groups is 2. The molecule has 0 saturated carbocycles.